The molecule has 2 rings (SSSR count). The summed E-state index contributed by atoms with van der Waals surface area (Å²) in [6.45, 7) is 1.29. The summed E-state index contributed by atoms with van der Waals surface area (Å²) in [6, 6.07) is 3.40. The van der Waals surface area contributed by atoms with Gasteiger partial charge in [-0.1, -0.05) is 11.6 Å². The lowest BCUT2D eigenvalue weighted by Gasteiger charge is -2.33. The summed E-state index contributed by atoms with van der Waals surface area (Å²) in [6.07, 6.45) is 4.67. The number of nitrogens with one attached hydrogen (secondary N) is 1. The van der Waals surface area contributed by atoms with Gasteiger partial charge in [0.1, 0.15) is 5.15 Å². The zero-order chi connectivity index (χ0) is 16.2. The summed E-state index contributed by atoms with van der Waals surface area (Å²) in [4.78, 5) is 17.6. The standard InChI is InChI=1S/C13H17ClN4O3S/c1-15-22(20,21)18-8-6-17(7-9-18)13(19)3-2-11-4-5-16-12(14)10-11/h2-5,10,15H,6-9H2,1H3/b3-2+. The average Bonchev–Trinajstić information content (AvgIpc) is 2.53. The molecule has 1 amide bonds. The van der Waals surface area contributed by atoms with E-state index in [1.54, 1.807) is 29.3 Å². The van der Waals surface area contributed by atoms with E-state index >= 15 is 0 Å². The molecule has 0 unspecified atom stereocenters. The number of rotatable bonds is 4. The summed E-state index contributed by atoms with van der Waals surface area (Å²) in [7, 11) is -2.05. The van der Waals surface area contributed by atoms with E-state index < -0.39 is 10.2 Å². The Labute approximate surface area is 134 Å². The zero-order valence-electron chi connectivity index (χ0n) is 12.1. The van der Waals surface area contributed by atoms with Crippen LogP contribution in [-0.2, 0) is 15.0 Å². The summed E-state index contributed by atoms with van der Waals surface area (Å²) in [5, 5.41) is 0.362. The maximum atomic E-state index is 12.1. The van der Waals surface area contributed by atoms with Gasteiger partial charge in [-0.15, -0.1) is 0 Å². The topological polar surface area (TPSA) is 82.6 Å². The molecule has 0 atom stereocenters. The van der Waals surface area contributed by atoms with Gasteiger partial charge in [0, 0.05) is 45.5 Å². The van der Waals surface area contributed by atoms with Crippen LogP contribution in [0.1, 0.15) is 5.56 Å². The first-order valence-corrected chi connectivity index (χ1v) is 8.51. The summed E-state index contributed by atoms with van der Waals surface area (Å²) in [5.41, 5.74) is 0.782. The van der Waals surface area contributed by atoms with Crippen molar-refractivity contribution in [1.29, 1.82) is 0 Å². The van der Waals surface area contributed by atoms with E-state index in [0.29, 0.717) is 18.2 Å². The number of halogens is 1. The molecule has 0 aromatic carbocycles. The van der Waals surface area contributed by atoms with Gasteiger partial charge < -0.3 is 4.90 Å². The van der Waals surface area contributed by atoms with Crippen LogP contribution in [-0.4, -0.2) is 61.7 Å². The smallest absolute Gasteiger partial charge is 0.279 e. The van der Waals surface area contributed by atoms with E-state index in [0.717, 1.165) is 5.56 Å². The van der Waals surface area contributed by atoms with E-state index in [-0.39, 0.29) is 19.0 Å². The number of hydrogen-bond acceptors (Lipinski definition) is 4. The first kappa shape index (κ1) is 16.9. The molecule has 1 aromatic rings. The fourth-order valence-electron chi connectivity index (χ4n) is 2.07. The highest BCUT2D eigenvalue weighted by atomic mass is 35.5. The van der Waals surface area contributed by atoms with E-state index in [4.69, 9.17) is 11.6 Å². The molecule has 1 saturated heterocycles. The summed E-state index contributed by atoms with van der Waals surface area (Å²) < 4.78 is 26.9. The van der Waals surface area contributed by atoms with Crippen molar-refractivity contribution in [2.45, 2.75) is 0 Å². The van der Waals surface area contributed by atoms with Crippen LogP contribution >= 0.6 is 11.6 Å². The number of carbonyl (C=O) groups excluding carboxylic acids is 1. The maximum absolute atomic E-state index is 12.1. The van der Waals surface area contributed by atoms with Gasteiger partial charge >= 0.3 is 0 Å². The molecule has 120 valence electrons. The van der Waals surface area contributed by atoms with Crippen molar-refractivity contribution in [3.8, 4) is 0 Å². The Morgan fingerprint density at radius 2 is 2.05 bits per heavy atom. The Kier molecular flexibility index (Phi) is 5.52. The maximum Gasteiger partial charge on any atom is 0.279 e. The molecular weight excluding hydrogens is 328 g/mol. The highest BCUT2D eigenvalue weighted by molar-refractivity contribution is 7.87. The fourth-order valence-corrected chi connectivity index (χ4v) is 3.16. The largest absolute Gasteiger partial charge is 0.337 e. The van der Waals surface area contributed by atoms with E-state index in [1.807, 2.05) is 0 Å². The van der Waals surface area contributed by atoms with Crippen molar-refractivity contribution in [3.63, 3.8) is 0 Å². The van der Waals surface area contributed by atoms with Crippen LogP contribution in [0.25, 0.3) is 6.08 Å². The third-order valence-electron chi connectivity index (χ3n) is 3.32. The number of piperazine rings is 1. The SMILES string of the molecule is CNS(=O)(=O)N1CCN(C(=O)/C=C/c2ccnc(Cl)c2)CC1. The fraction of sp³-hybridized carbons (Fsp3) is 0.385. The van der Waals surface area contributed by atoms with E-state index in [1.165, 1.54) is 17.4 Å². The second-order valence-corrected chi connectivity index (χ2v) is 6.94. The second kappa shape index (κ2) is 7.19. The molecule has 0 radical (unpaired) electrons. The number of nitrogens with zero attached hydrogens (tertiary/aromatic N) is 3. The van der Waals surface area contributed by atoms with Crippen LogP contribution in [0.5, 0.6) is 0 Å². The van der Waals surface area contributed by atoms with Crippen molar-refractivity contribution in [2.24, 2.45) is 0 Å². The predicted molar refractivity (Wildman–Crippen MR) is 84.4 cm³/mol. The van der Waals surface area contributed by atoms with Crippen molar-refractivity contribution in [3.05, 3.63) is 35.1 Å². The average molecular weight is 345 g/mol. The number of aromatic nitrogens is 1. The molecule has 0 bridgehead atoms. The predicted octanol–water partition coefficient (Wildman–Crippen LogP) is 0.357. The van der Waals surface area contributed by atoms with Crippen molar-refractivity contribution < 1.29 is 13.2 Å². The second-order valence-electron chi connectivity index (χ2n) is 4.68. The Morgan fingerprint density at radius 1 is 1.36 bits per heavy atom. The minimum Gasteiger partial charge on any atom is -0.337 e. The van der Waals surface area contributed by atoms with Gasteiger partial charge in [-0.2, -0.15) is 12.7 Å². The molecule has 1 aromatic heterocycles. The Hall–Kier alpha value is -1.48. The first-order valence-electron chi connectivity index (χ1n) is 6.69. The molecule has 1 fully saturated rings. The van der Waals surface area contributed by atoms with Gasteiger partial charge in [0.25, 0.3) is 10.2 Å². The highest BCUT2D eigenvalue weighted by Crippen LogP contribution is 2.10. The molecule has 0 spiro atoms. The van der Waals surface area contributed by atoms with Gasteiger partial charge in [-0.3, -0.25) is 4.79 Å². The van der Waals surface area contributed by atoms with Gasteiger partial charge in [-0.25, -0.2) is 9.71 Å². The summed E-state index contributed by atoms with van der Waals surface area (Å²) in [5.74, 6) is -0.158. The minimum absolute atomic E-state index is 0.158. The van der Waals surface area contributed by atoms with Crippen LogP contribution in [0.4, 0.5) is 0 Å². The van der Waals surface area contributed by atoms with Gasteiger partial charge in [0.05, 0.1) is 0 Å². The zero-order valence-corrected chi connectivity index (χ0v) is 13.6. The van der Waals surface area contributed by atoms with Crippen LogP contribution in [0.2, 0.25) is 5.15 Å². The molecule has 9 heteroatoms. The van der Waals surface area contributed by atoms with Crippen molar-refractivity contribution in [1.82, 2.24) is 18.9 Å². The van der Waals surface area contributed by atoms with Crippen LogP contribution in [0.3, 0.4) is 0 Å². The quantitative estimate of drug-likeness (QED) is 0.631. The molecule has 1 aliphatic heterocycles. The molecule has 2 heterocycles. The molecule has 22 heavy (non-hydrogen) atoms. The first-order chi connectivity index (χ1) is 10.4. The van der Waals surface area contributed by atoms with Gasteiger partial charge in [0.2, 0.25) is 5.91 Å². The molecule has 0 saturated carbocycles. The van der Waals surface area contributed by atoms with Crippen LogP contribution < -0.4 is 4.72 Å². The van der Waals surface area contributed by atoms with Crippen LogP contribution in [0.15, 0.2) is 24.4 Å². The minimum atomic E-state index is -3.42. The summed E-state index contributed by atoms with van der Waals surface area (Å²) >= 11 is 5.77. The van der Waals surface area contributed by atoms with Gasteiger partial charge in [0.15, 0.2) is 0 Å². The van der Waals surface area contributed by atoms with Crippen LogP contribution in [0, 0.1) is 0 Å². The lowest BCUT2D eigenvalue weighted by atomic mass is 10.2. The van der Waals surface area contributed by atoms with E-state index in [2.05, 4.69) is 9.71 Å². The lowest BCUT2D eigenvalue weighted by molar-refractivity contribution is -0.127. The number of hydrogen-bond donors (Lipinski definition) is 1. The normalized spacial score (nSPS) is 17.1. The Bertz CT molecular complexity index is 670. The Balaban J connectivity index is 1.93. The van der Waals surface area contributed by atoms with Crippen molar-refractivity contribution in [2.75, 3.05) is 33.2 Å². The monoisotopic (exact) mass is 344 g/mol. The van der Waals surface area contributed by atoms with E-state index in [9.17, 15) is 13.2 Å². The third kappa shape index (κ3) is 4.26. The number of carbonyl (C=O) groups is 1. The third-order valence-corrected chi connectivity index (χ3v) is 5.08. The highest BCUT2D eigenvalue weighted by Gasteiger charge is 2.26. The Morgan fingerprint density at radius 3 is 2.64 bits per heavy atom. The molecule has 1 N–H and O–H groups in total. The molecule has 0 aliphatic carbocycles. The van der Waals surface area contributed by atoms with Gasteiger partial charge in [-0.05, 0) is 23.8 Å². The molecule has 1 aliphatic rings. The molecule has 7 nitrogen and oxygen atoms in total. The van der Waals surface area contributed by atoms with Crippen molar-refractivity contribution >= 4 is 33.8 Å². The lowest BCUT2D eigenvalue weighted by Crippen LogP contribution is -2.52. The number of amides is 1. The molecular formula is C13H17ClN4O3S. The number of pyridine rings is 1.